The summed E-state index contributed by atoms with van der Waals surface area (Å²) in [7, 11) is 0. The van der Waals surface area contributed by atoms with Gasteiger partial charge in [0.05, 0.1) is 17.6 Å². The highest BCUT2D eigenvalue weighted by atomic mass is 16.6. The van der Waals surface area contributed by atoms with Crippen LogP contribution in [0.3, 0.4) is 0 Å². The summed E-state index contributed by atoms with van der Waals surface area (Å²) in [6.45, 7) is 3.62. The Hall–Kier alpha value is -2.70. The predicted molar refractivity (Wildman–Crippen MR) is 75.1 cm³/mol. The van der Waals surface area contributed by atoms with Gasteiger partial charge in [-0.3, -0.25) is 14.8 Å². The lowest BCUT2D eigenvalue weighted by Gasteiger charge is -2.11. The van der Waals surface area contributed by atoms with Crippen molar-refractivity contribution in [2.45, 2.75) is 19.9 Å². The van der Waals surface area contributed by atoms with Gasteiger partial charge in [-0.2, -0.15) is 5.10 Å². The number of ether oxygens (including phenoxy) is 1. The predicted octanol–water partition coefficient (Wildman–Crippen LogP) is 2.58. The number of carbonyl (C=O) groups is 1. The Balaban J connectivity index is 2.40. The van der Waals surface area contributed by atoms with Gasteiger partial charge in [-0.15, -0.1) is 0 Å². The maximum Gasteiger partial charge on any atom is 0.366 e. The minimum Gasteiger partial charge on any atom is -0.461 e. The molecule has 1 aromatic carbocycles. The first-order valence-electron chi connectivity index (χ1n) is 6.50. The number of nitro groups is 1. The van der Waals surface area contributed by atoms with E-state index >= 15 is 0 Å². The normalized spacial score (nSPS) is 11.9. The molecule has 0 radical (unpaired) electrons. The number of rotatable bonds is 5. The van der Waals surface area contributed by atoms with Crippen LogP contribution >= 0.6 is 0 Å². The summed E-state index contributed by atoms with van der Waals surface area (Å²) in [5.41, 5.74) is 0.311. The third-order valence-corrected chi connectivity index (χ3v) is 3.06. The van der Waals surface area contributed by atoms with E-state index in [0.717, 1.165) is 5.56 Å². The monoisotopic (exact) mass is 289 g/mol. The second-order valence-electron chi connectivity index (χ2n) is 4.41. The van der Waals surface area contributed by atoms with Crippen LogP contribution in [0.5, 0.6) is 0 Å². The molecule has 0 N–H and O–H groups in total. The van der Waals surface area contributed by atoms with E-state index in [0.29, 0.717) is 0 Å². The molecule has 1 unspecified atom stereocenters. The van der Waals surface area contributed by atoms with Crippen molar-refractivity contribution in [3.8, 4) is 0 Å². The Morgan fingerprint density at radius 2 is 2.10 bits per heavy atom. The number of esters is 1. The van der Waals surface area contributed by atoms with Crippen LogP contribution < -0.4 is 0 Å². The number of hydrogen-bond donors (Lipinski definition) is 0. The minimum absolute atomic E-state index is 0.136. The smallest absolute Gasteiger partial charge is 0.366 e. The Labute approximate surface area is 121 Å². The average Bonchev–Trinajstić information content (AvgIpc) is 2.93. The Bertz CT molecular complexity index is 651. The standard InChI is InChI=1S/C14H15N3O4/c1-3-21-14(18)13-12(17(19)20)9-16(15-13)10(2)11-7-5-4-6-8-11/h4-10H,3H2,1-2H3. The highest BCUT2D eigenvalue weighted by molar-refractivity contribution is 5.91. The van der Waals surface area contributed by atoms with Gasteiger partial charge in [0.25, 0.3) is 0 Å². The highest BCUT2D eigenvalue weighted by Gasteiger charge is 2.28. The van der Waals surface area contributed by atoms with Crippen LogP contribution in [0.1, 0.15) is 35.9 Å². The minimum atomic E-state index is -0.789. The largest absolute Gasteiger partial charge is 0.461 e. The molecule has 1 heterocycles. The molecule has 1 aromatic heterocycles. The molecule has 0 amide bonds. The SMILES string of the molecule is CCOC(=O)c1nn(C(C)c2ccccc2)cc1[N+](=O)[O-]. The van der Waals surface area contributed by atoms with Gasteiger partial charge in [-0.1, -0.05) is 30.3 Å². The van der Waals surface area contributed by atoms with Crippen molar-refractivity contribution in [2.75, 3.05) is 6.61 Å². The molecule has 1 atom stereocenters. The summed E-state index contributed by atoms with van der Waals surface area (Å²) in [5, 5.41) is 15.1. The van der Waals surface area contributed by atoms with Crippen LogP contribution in [0.25, 0.3) is 0 Å². The van der Waals surface area contributed by atoms with E-state index < -0.39 is 10.9 Å². The molecular weight excluding hydrogens is 274 g/mol. The lowest BCUT2D eigenvalue weighted by molar-refractivity contribution is -0.385. The average molecular weight is 289 g/mol. The van der Waals surface area contributed by atoms with Crippen LogP contribution in [0, 0.1) is 10.1 Å². The van der Waals surface area contributed by atoms with Crippen LogP contribution in [0.2, 0.25) is 0 Å². The molecular formula is C14H15N3O4. The maximum atomic E-state index is 11.7. The third kappa shape index (κ3) is 3.07. The Kier molecular flexibility index (Phi) is 4.32. The van der Waals surface area contributed by atoms with Gasteiger partial charge in [-0.05, 0) is 19.4 Å². The second kappa shape index (κ2) is 6.17. The van der Waals surface area contributed by atoms with E-state index in [-0.39, 0.29) is 24.0 Å². The zero-order chi connectivity index (χ0) is 15.4. The highest BCUT2D eigenvalue weighted by Crippen LogP contribution is 2.23. The molecule has 0 saturated carbocycles. The van der Waals surface area contributed by atoms with Crippen LogP contribution in [0.4, 0.5) is 5.69 Å². The van der Waals surface area contributed by atoms with E-state index in [1.54, 1.807) is 6.92 Å². The van der Waals surface area contributed by atoms with Crippen molar-refractivity contribution in [2.24, 2.45) is 0 Å². The molecule has 2 rings (SSSR count). The summed E-state index contributed by atoms with van der Waals surface area (Å²) in [4.78, 5) is 22.2. The topological polar surface area (TPSA) is 87.3 Å². The quantitative estimate of drug-likeness (QED) is 0.479. The fraction of sp³-hybridized carbons (Fsp3) is 0.286. The molecule has 0 aliphatic carbocycles. The van der Waals surface area contributed by atoms with Gasteiger partial charge in [0.2, 0.25) is 5.69 Å². The number of hydrogen-bond acceptors (Lipinski definition) is 5. The van der Waals surface area contributed by atoms with Gasteiger partial charge < -0.3 is 4.74 Å². The number of benzene rings is 1. The van der Waals surface area contributed by atoms with E-state index in [1.807, 2.05) is 37.3 Å². The van der Waals surface area contributed by atoms with Gasteiger partial charge in [0, 0.05) is 0 Å². The lowest BCUT2D eigenvalue weighted by Crippen LogP contribution is -2.11. The first-order valence-corrected chi connectivity index (χ1v) is 6.50. The van der Waals surface area contributed by atoms with Crippen molar-refractivity contribution in [1.29, 1.82) is 0 Å². The zero-order valence-corrected chi connectivity index (χ0v) is 11.7. The van der Waals surface area contributed by atoms with E-state index in [4.69, 9.17) is 4.74 Å². The summed E-state index contributed by atoms with van der Waals surface area (Å²) >= 11 is 0. The molecule has 0 bridgehead atoms. The van der Waals surface area contributed by atoms with Gasteiger partial charge >= 0.3 is 11.7 Å². The Morgan fingerprint density at radius 1 is 1.43 bits per heavy atom. The molecule has 0 aliphatic heterocycles. The van der Waals surface area contributed by atoms with Gasteiger partial charge in [-0.25, -0.2) is 4.79 Å². The van der Waals surface area contributed by atoms with Crippen molar-refractivity contribution in [1.82, 2.24) is 9.78 Å². The molecule has 7 heteroatoms. The fourth-order valence-corrected chi connectivity index (χ4v) is 1.94. The summed E-state index contributed by atoms with van der Waals surface area (Å²) in [5.74, 6) is -0.789. The van der Waals surface area contributed by atoms with Gasteiger partial charge in [0.1, 0.15) is 6.20 Å². The molecule has 0 fully saturated rings. The van der Waals surface area contributed by atoms with Crippen LogP contribution in [-0.2, 0) is 4.74 Å². The van der Waals surface area contributed by atoms with Crippen LogP contribution in [-0.4, -0.2) is 27.3 Å². The first kappa shape index (κ1) is 14.7. The van der Waals surface area contributed by atoms with E-state index in [9.17, 15) is 14.9 Å². The maximum absolute atomic E-state index is 11.7. The van der Waals surface area contributed by atoms with Crippen LogP contribution in [0.15, 0.2) is 36.5 Å². The molecule has 110 valence electrons. The molecule has 2 aromatic rings. The summed E-state index contributed by atoms with van der Waals surface area (Å²) < 4.78 is 6.20. The number of nitrogens with zero attached hydrogens (tertiary/aromatic N) is 3. The molecule has 0 saturated heterocycles. The van der Waals surface area contributed by atoms with Gasteiger partial charge in [0.15, 0.2) is 0 Å². The first-order chi connectivity index (χ1) is 10.0. The van der Waals surface area contributed by atoms with Crippen molar-refractivity contribution in [3.05, 3.63) is 57.9 Å². The number of carbonyl (C=O) groups excluding carboxylic acids is 1. The van der Waals surface area contributed by atoms with Crippen molar-refractivity contribution in [3.63, 3.8) is 0 Å². The lowest BCUT2D eigenvalue weighted by atomic mass is 10.1. The Morgan fingerprint density at radius 3 is 2.67 bits per heavy atom. The molecule has 21 heavy (non-hydrogen) atoms. The molecule has 7 nitrogen and oxygen atoms in total. The number of aromatic nitrogens is 2. The zero-order valence-electron chi connectivity index (χ0n) is 11.7. The van der Waals surface area contributed by atoms with E-state index in [1.165, 1.54) is 10.9 Å². The summed E-state index contributed by atoms with van der Waals surface area (Å²) in [6.07, 6.45) is 1.25. The fourth-order valence-electron chi connectivity index (χ4n) is 1.94. The summed E-state index contributed by atoms with van der Waals surface area (Å²) in [6, 6.07) is 9.18. The molecule has 0 aliphatic rings. The third-order valence-electron chi connectivity index (χ3n) is 3.06. The van der Waals surface area contributed by atoms with Crippen molar-refractivity contribution < 1.29 is 14.5 Å². The van der Waals surface area contributed by atoms with Crippen molar-refractivity contribution >= 4 is 11.7 Å². The van der Waals surface area contributed by atoms with E-state index in [2.05, 4.69) is 5.10 Å². The molecule has 0 spiro atoms. The second-order valence-corrected chi connectivity index (χ2v) is 4.41.